The molecule has 0 amide bonds. The van der Waals surface area contributed by atoms with E-state index in [2.05, 4.69) is 0 Å². The highest BCUT2D eigenvalue weighted by Gasteiger charge is 2.36. The molecule has 0 atom stereocenters. The van der Waals surface area contributed by atoms with E-state index in [4.69, 9.17) is 0 Å². The van der Waals surface area contributed by atoms with Crippen LogP contribution in [0.25, 0.3) is 0 Å². The van der Waals surface area contributed by atoms with Crippen molar-refractivity contribution in [3.63, 3.8) is 0 Å². The average Bonchev–Trinajstić information content (AvgIpc) is 1.95. The molecule has 13 heavy (non-hydrogen) atoms. The highest BCUT2D eigenvalue weighted by Crippen LogP contribution is 2.29. The topological polar surface area (TPSA) is 32.9 Å². The molecule has 0 unspecified atom stereocenters. The zero-order valence-electron chi connectivity index (χ0n) is 7.12. The van der Waals surface area contributed by atoms with Crippen LogP contribution in [0.1, 0.15) is 16.7 Å². The van der Waals surface area contributed by atoms with Crippen molar-refractivity contribution in [3.8, 4) is 0 Å². The predicted octanol–water partition coefficient (Wildman–Crippen LogP) is 2.01. The van der Waals surface area contributed by atoms with Gasteiger partial charge in [-0.15, -0.1) is 0 Å². The fraction of sp³-hybridized carbons (Fsp3) is 0.375. The van der Waals surface area contributed by atoms with E-state index in [-0.39, 0.29) is 5.56 Å². The van der Waals surface area contributed by atoms with Gasteiger partial charge in [0, 0.05) is 6.20 Å². The molecule has 0 radical (unpaired) electrons. The van der Waals surface area contributed by atoms with Crippen molar-refractivity contribution in [2.24, 2.45) is 0 Å². The number of rotatable bonds is 0. The second kappa shape index (κ2) is 2.90. The van der Waals surface area contributed by atoms with Crippen LogP contribution >= 0.6 is 0 Å². The summed E-state index contributed by atoms with van der Waals surface area (Å²) in [5.41, 5.74) is -1.79. The molecule has 0 fully saturated rings. The van der Waals surface area contributed by atoms with Crippen LogP contribution in [-0.4, -0.2) is 4.98 Å². The van der Waals surface area contributed by atoms with Gasteiger partial charge in [-0.05, 0) is 25.0 Å². The number of H-pyrrole nitrogens is 1. The summed E-state index contributed by atoms with van der Waals surface area (Å²) in [6, 6.07) is 0. The molecular weight excluding hydrogens is 183 g/mol. The van der Waals surface area contributed by atoms with Crippen LogP contribution in [0.5, 0.6) is 0 Å². The maximum absolute atomic E-state index is 12.3. The zero-order valence-corrected chi connectivity index (χ0v) is 7.12. The molecule has 1 N–H and O–H groups in total. The van der Waals surface area contributed by atoms with Gasteiger partial charge in [-0.3, -0.25) is 4.79 Å². The first-order chi connectivity index (χ1) is 5.84. The monoisotopic (exact) mass is 191 g/mol. The zero-order chi connectivity index (χ0) is 10.2. The van der Waals surface area contributed by atoms with Crippen molar-refractivity contribution in [2.45, 2.75) is 20.0 Å². The number of nitrogens with one attached hydrogen (secondary N) is 1. The summed E-state index contributed by atoms with van der Waals surface area (Å²) in [6.45, 7) is 2.80. The van der Waals surface area contributed by atoms with E-state index in [1.165, 1.54) is 20.0 Å². The second-order valence-electron chi connectivity index (χ2n) is 2.80. The Labute approximate surface area is 72.4 Å². The SMILES string of the molecule is Cc1c[nH]c(=O)c(C(F)(F)F)c1C. The number of aromatic amines is 1. The predicted molar refractivity (Wildman–Crippen MR) is 41.5 cm³/mol. The first-order valence-electron chi connectivity index (χ1n) is 3.60. The highest BCUT2D eigenvalue weighted by molar-refractivity contribution is 5.31. The Balaban J connectivity index is 3.53. The lowest BCUT2D eigenvalue weighted by atomic mass is 10.1. The number of aromatic nitrogens is 1. The van der Waals surface area contributed by atoms with E-state index in [0.717, 1.165) is 0 Å². The van der Waals surface area contributed by atoms with Crippen LogP contribution < -0.4 is 5.56 Å². The maximum atomic E-state index is 12.3. The van der Waals surface area contributed by atoms with Gasteiger partial charge < -0.3 is 4.98 Å². The standard InChI is InChI=1S/C8H8F3NO/c1-4-3-12-7(13)6(5(4)2)8(9,10)11/h3H,1-2H3,(H,12,13). The summed E-state index contributed by atoms with van der Waals surface area (Å²) in [7, 11) is 0. The molecule has 0 aliphatic heterocycles. The van der Waals surface area contributed by atoms with Crippen LogP contribution in [-0.2, 0) is 6.18 Å². The lowest BCUT2D eigenvalue weighted by molar-refractivity contribution is -0.139. The molecule has 2 nitrogen and oxygen atoms in total. The molecule has 0 saturated heterocycles. The number of pyridine rings is 1. The molecule has 0 saturated carbocycles. The van der Waals surface area contributed by atoms with Crippen LogP contribution in [0.3, 0.4) is 0 Å². The van der Waals surface area contributed by atoms with Crippen molar-refractivity contribution < 1.29 is 13.2 Å². The number of hydrogen-bond acceptors (Lipinski definition) is 1. The van der Waals surface area contributed by atoms with E-state index in [9.17, 15) is 18.0 Å². The molecule has 0 aromatic carbocycles. The lowest BCUT2D eigenvalue weighted by Crippen LogP contribution is -2.23. The van der Waals surface area contributed by atoms with E-state index in [1.54, 1.807) is 0 Å². The van der Waals surface area contributed by atoms with E-state index in [1.807, 2.05) is 4.98 Å². The van der Waals surface area contributed by atoms with Crippen molar-refractivity contribution >= 4 is 0 Å². The van der Waals surface area contributed by atoms with E-state index < -0.39 is 17.3 Å². The fourth-order valence-corrected chi connectivity index (χ4v) is 1.06. The Hall–Kier alpha value is -1.26. The summed E-state index contributed by atoms with van der Waals surface area (Å²) in [6.07, 6.45) is -3.31. The molecule has 1 rings (SSSR count). The van der Waals surface area contributed by atoms with Crippen LogP contribution in [0, 0.1) is 13.8 Å². The largest absolute Gasteiger partial charge is 0.421 e. The van der Waals surface area contributed by atoms with Gasteiger partial charge in [-0.25, -0.2) is 0 Å². The van der Waals surface area contributed by atoms with Gasteiger partial charge in [0.1, 0.15) is 5.56 Å². The molecule has 0 spiro atoms. The summed E-state index contributed by atoms with van der Waals surface area (Å²) in [4.78, 5) is 12.9. The number of hydrogen-bond donors (Lipinski definition) is 1. The first-order valence-corrected chi connectivity index (χ1v) is 3.60. The van der Waals surface area contributed by atoms with Gasteiger partial charge in [0.2, 0.25) is 0 Å². The lowest BCUT2D eigenvalue weighted by Gasteiger charge is -2.09. The summed E-state index contributed by atoms with van der Waals surface area (Å²) in [5.74, 6) is 0. The van der Waals surface area contributed by atoms with Crippen molar-refractivity contribution in [3.05, 3.63) is 33.2 Å². The Morgan fingerprint density at radius 3 is 2.23 bits per heavy atom. The molecule has 0 aliphatic carbocycles. The minimum atomic E-state index is -4.58. The van der Waals surface area contributed by atoms with Gasteiger partial charge >= 0.3 is 6.18 Å². The second-order valence-corrected chi connectivity index (χ2v) is 2.80. The summed E-state index contributed by atoms with van der Waals surface area (Å²) in [5, 5.41) is 0. The van der Waals surface area contributed by atoms with Crippen LogP contribution in [0.4, 0.5) is 13.2 Å². The Bertz CT molecular complexity index is 378. The van der Waals surface area contributed by atoms with Gasteiger partial charge in [0.05, 0.1) is 0 Å². The van der Waals surface area contributed by atoms with Gasteiger partial charge in [-0.2, -0.15) is 13.2 Å². The van der Waals surface area contributed by atoms with E-state index in [0.29, 0.717) is 5.56 Å². The molecule has 72 valence electrons. The highest BCUT2D eigenvalue weighted by atomic mass is 19.4. The van der Waals surface area contributed by atoms with Crippen molar-refractivity contribution in [2.75, 3.05) is 0 Å². The smallest absolute Gasteiger partial charge is 0.328 e. The van der Waals surface area contributed by atoms with Crippen molar-refractivity contribution in [1.82, 2.24) is 4.98 Å². The normalized spacial score (nSPS) is 11.8. The number of aryl methyl sites for hydroxylation is 1. The van der Waals surface area contributed by atoms with E-state index >= 15 is 0 Å². The Kier molecular flexibility index (Phi) is 2.19. The molecule has 1 heterocycles. The van der Waals surface area contributed by atoms with Crippen LogP contribution in [0.2, 0.25) is 0 Å². The third-order valence-electron chi connectivity index (χ3n) is 1.90. The summed E-state index contributed by atoms with van der Waals surface area (Å²) < 4.78 is 36.8. The Morgan fingerprint density at radius 2 is 1.85 bits per heavy atom. The van der Waals surface area contributed by atoms with Crippen molar-refractivity contribution in [1.29, 1.82) is 0 Å². The van der Waals surface area contributed by atoms with Gasteiger partial charge in [0.25, 0.3) is 5.56 Å². The van der Waals surface area contributed by atoms with Crippen LogP contribution in [0.15, 0.2) is 11.0 Å². The van der Waals surface area contributed by atoms with Gasteiger partial charge in [0.15, 0.2) is 0 Å². The fourth-order valence-electron chi connectivity index (χ4n) is 1.06. The third kappa shape index (κ3) is 1.74. The molecule has 1 aromatic heterocycles. The quantitative estimate of drug-likeness (QED) is 0.668. The average molecular weight is 191 g/mol. The minimum absolute atomic E-state index is 0.0174. The molecule has 5 heteroatoms. The molecule has 0 aliphatic rings. The minimum Gasteiger partial charge on any atom is -0.328 e. The number of alkyl halides is 3. The van der Waals surface area contributed by atoms with Gasteiger partial charge in [-0.1, -0.05) is 0 Å². The third-order valence-corrected chi connectivity index (χ3v) is 1.90. The molecular formula is C8H8F3NO. The Morgan fingerprint density at radius 1 is 1.31 bits per heavy atom. The summed E-state index contributed by atoms with van der Waals surface area (Å²) >= 11 is 0. The first kappa shape index (κ1) is 9.83. The number of halogens is 3. The maximum Gasteiger partial charge on any atom is 0.421 e. The molecule has 0 bridgehead atoms. The molecule has 1 aromatic rings.